The van der Waals surface area contributed by atoms with Crippen molar-refractivity contribution in [1.82, 2.24) is 4.67 Å². The number of benzene rings is 1. The highest BCUT2D eigenvalue weighted by atomic mass is 31.2. The van der Waals surface area contributed by atoms with Gasteiger partial charge in [0.15, 0.2) is 0 Å². The SMILES string of the molecule is CC(C)c1cccc(C(C)C)c1N=P12OC(C(C)(C)C)=CN1C=C(C(C)(C)C)O2. The van der Waals surface area contributed by atoms with Crippen LogP contribution in [0, 0.1) is 10.8 Å². The fourth-order valence-corrected chi connectivity index (χ4v) is 5.90. The van der Waals surface area contributed by atoms with Gasteiger partial charge in [-0.25, -0.2) is 0 Å². The van der Waals surface area contributed by atoms with Crippen molar-refractivity contribution in [2.45, 2.75) is 81.1 Å². The average Bonchev–Trinajstić information content (AvgIpc) is 3.07. The summed E-state index contributed by atoms with van der Waals surface area (Å²) in [5.74, 6) is 2.59. The van der Waals surface area contributed by atoms with Crippen LogP contribution in [0.15, 0.2) is 46.9 Å². The fraction of sp³-hybridized carbons (Fsp3) is 0.583. The quantitative estimate of drug-likeness (QED) is 0.462. The first kappa shape index (κ1) is 22.0. The minimum atomic E-state index is -2.69. The van der Waals surface area contributed by atoms with E-state index in [0.717, 1.165) is 17.2 Å². The van der Waals surface area contributed by atoms with E-state index < -0.39 is 7.66 Å². The molecule has 2 aliphatic heterocycles. The molecule has 0 amide bonds. The van der Waals surface area contributed by atoms with E-state index >= 15 is 0 Å². The van der Waals surface area contributed by atoms with Crippen LogP contribution < -0.4 is 0 Å². The van der Waals surface area contributed by atoms with Gasteiger partial charge >= 0.3 is 7.66 Å². The van der Waals surface area contributed by atoms with E-state index in [4.69, 9.17) is 13.8 Å². The summed E-state index contributed by atoms with van der Waals surface area (Å²) >= 11 is 0. The molecule has 2 heterocycles. The van der Waals surface area contributed by atoms with Crippen molar-refractivity contribution < 1.29 is 9.05 Å². The Morgan fingerprint density at radius 2 is 1.21 bits per heavy atom. The van der Waals surface area contributed by atoms with Crippen LogP contribution in [0.4, 0.5) is 5.69 Å². The molecule has 0 N–H and O–H groups in total. The molecule has 0 aromatic heterocycles. The standard InChI is InChI=1S/C24H37N2O2P/c1-16(2)18-12-11-13-19(17(3)4)22(18)25-29-26(14-20(27-29)23(5,6)7)15-21(28-29)24(8,9)10/h11-17H,1-10H3. The van der Waals surface area contributed by atoms with Gasteiger partial charge in [-0.1, -0.05) is 87.4 Å². The topological polar surface area (TPSA) is 34.1 Å². The predicted octanol–water partition coefficient (Wildman–Crippen LogP) is 8.65. The summed E-state index contributed by atoms with van der Waals surface area (Å²) in [5, 5.41) is 0. The molecule has 0 saturated carbocycles. The van der Waals surface area contributed by atoms with Crippen LogP contribution in [0.1, 0.15) is 92.2 Å². The van der Waals surface area contributed by atoms with Gasteiger partial charge in [-0.15, -0.1) is 0 Å². The molecular formula is C24H37N2O2P. The molecule has 1 aromatic rings. The summed E-state index contributed by atoms with van der Waals surface area (Å²) in [5.41, 5.74) is 3.30. The lowest BCUT2D eigenvalue weighted by Crippen LogP contribution is -2.11. The van der Waals surface area contributed by atoms with Gasteiger partial charge in [-0.05, 0) is 23.0 Å². The maximum absolute atomic E-state index is 6.59. The van der Waals surface area contributed by atoms with Crippen LogP contribution in [0.5, 0.6) is 0 Å². The van der Waals surface area contributed by atoms with Gasteiger partial charge in [0.1, 0.15) is 11.5 Å². The molecule has 0 saturated heterocycles. The average molecular weight is 417 g/mol. The zero-order valence-electron chi connectivity index (χ0n) is 19.7. The Labute approximate surface area is 177 Å². The molecule has 160 valence electrons. The highest BCUT2D eigenvalue weighted by Gasteiger charge is 2.48. The lowest BCUT2D eigenvalue weighted by atomic mass is 9.93. The minimum absolute atomic E-state index is 0.107. The molecule has 5 heteroatoms. The second-order valence-electron chi connectivity index (χ2n) is 10.7. The summed E-state index contributed by atoms with van der Waals surface area (Å²) in [6, 6.07) is 6.50. The molecule has 2 aliphatic rings. The molecule has 0 spiro atoms. The van der Waals surface area contributed by atoms with E-state index in [2.05, 4.69) is 105 Å². The number of rotatable bonds is 3. The van der Waals surface area contributed by atoms with E-state index in [9.17, 15) is 0 Å². The van der Waals surface area contributed by atoms with E-state index in [1.807, 2.05) is 0 Å². The predicted molar refractivity (Wildman–Crippen MR) is 123 cm³/mol. The van der Waals surface area contributed by atoms with Crippen LogP contribution in [0.3, 0.4) is 0 Å². The Balaban J connectivity index is 2.23. The highest BCUT2D eigenvalue weighted by molar-refractivity contribution is 7.55. The van der Waals surface area contributed by atoms with Gasteiger partial charge in [0.25, 0.3) is 0 Å². The van der Waals surface area contributed by atoms with Gasteiger partial charge in [0.05, 0.1) is 18.1 Å². The van der Waals surface area contributed by atoms with Gasteiger partial charge in [-0.2, -0.15) is 4.74 Å². The van der Waals surface area contributed by atoms with Crippen LogP contribution in [-0.4, -0.2) is 4.67 Å². The first-order valence-electron chi connectivity index (χ1n) is 10.6. The van der Waals surface area contributed by atoms with Crippen molar-refractivity contribution >= 4 is 13.3 Å². The number of allylic oxidation sites excluding steroid dienone is 2. The summed E-state index contributed by atoms with van der Waals surface area (Å²) in [7, 11) is -2.69. The first-order chi connectivity index (χ1) is 13.2. The van der Waals surface area contributed by atoms with Crippen LogP contribution in [0.25, 0.3) is 0 Å². The van der Waals surface area contributed by atoms with Crippen molar-refractivity contribution in [2.75, 3.05) is 0 Å². The third-order valence-corrected chi connectivity index (χ3v) is 7.41. The summed E-state index contributed by atoms with van der Waals surface area (Å²) < 4.78 is 20.6. The van der Waals surface area contributed by atoms with E-state index in [1.165, 1.54) is 11.1 Å². The third-order valence-electron chi connectivity index (χ3n) is 5.27. The van der Waals surface area contributed by atoms with Gasteiger partial charge in [0, 0.05) is 10.8 Å². The molecule has 0 radical (unpaired) electrons. The molecule has 1 aromatic carbocycles. The van der Waals surface area contributed by atoms with Crippen LogP contribution >= 0.6 is 7.66 Å². The fourth-order valence-electron chi connectivity index (χ4n) is 3.35. The maximum Gasteiger partial charge on any atom is 0.433 e. The lowest BCUT2D eigenvalue weighted by Gasteiger charge is -2.27. The zero-order valence-corrected chi connectivity index (χ0v) is 20.6. The van der Waals surface area contributed by atoms with E-state index in [-0.39, 0.29) is 10.8 Å². The number of hydrogen-bond donors (Lipinski definition) is 0. The Morgan fingerprint density at radius 1 is 0.793 bits per heavy atom. The Hall–Kier alpha value is -1.67. The highest BCUT2D eigenvalue weighted by Crippen LogP contribution is 2.70. The molecule has 29 heavy (non-hydrogen) atoms. The van der Waals surface area contributed by atoms with Gasteiger partial charge in [0.2, 0.25) is 0 Å². The molecule has 0 atom stereocenters. The largest absolute Gasteiger partial charge is 0.433 e. The second-order valence-corrected chi connectivity index (χ2v) is 12.7. The Kier molecular flexibility index (Phi) is 5.49. The second kappa shape index (κ2) is 7.23. The van der Waals surface area contributed by atoms with Crippen molar-refractivity contribution in [2.24, 2.45) is 15.6 Å². The Morgan fingerprint density at radius 3 is 1.55 bits per heavy atom. The van der Waals surface area contributed by atoms with Gasteiger partial charge < -0.3 is 9.05 Å². The summed E-state index contributed by atoms with van der Waals surface area (Å²) in [6.07, 6.45) is 4.17. The van der Waals surface area contributed by atoms with Crippen LogP contribution in [-0.2, 0) is 9.05 Å². The monoisotopic (exact) mass is 416 g/mol. The lowest BCUT2D eigenvalue weighted by molar-refractivity contribution is 0.251. The van der Waals surface area contributed by atoms with Crippen LogP contribution in [0.2, 0.25) is 0 Å². The molecule has 0 aliphatic carbocycles. The molecule has 3 rings (SSSR count). The smallest absolute Gasteiger partial charge is 0.417 e. The third kappa shape index (κ3) is 4.14. The minimum Gasteiger partial charge on any atom is -0.417 e. The molecule has 4 nitrogen and oxygen atoms in total. The molecular weight excluding hydrogens is 379 g/mol. The first-order valence-corrected chi connectivity index (χ1v) is 12.2. The summed E-state index contributed by atoms with van der Waals surface area (Å²) in [4.78, 5) is 0. The van der Waals surface area contributed by atoms with Crippen molar-refractivity contribution in [3.63, 3.8) is 0 Å². The molecule has 0 fully saturated rings. The Bertz CT molecular complexity index is 848. The maximum atomic E-state index is 6.59. The van der Waals surface area contributed by atoms with E-state index in [1.54, 1.807) is 0 Å². The molecule has 0 unspecified atom stereocenters. The number of nitrogens with zero attached hydrogens (tertiary/aromatic N) is 2. The van der Waals surface area contributed by atoms with Crippen molar-refractivity contribution in [1.29, 1.82) is 0 Å². The number of fused-ring (bicyclic) bond motifs is 1. The van der Waals surface area contributed by atoms with Crippen molar-refractivity contribution in [3.8, 4) is 0 Å². The molecule has 0 bridgehead atoms. The summed E-state index contributed by atoms with van der Waals surface area (Å²) in [6.45, 7) is 21.8. The normalized spacial score (nSPS) is 18.4. The van der Waals surface area contributed by atoms with E-state index in [0.29, 0.717) is 11.8 Å². The van der Waals surface area contributed by atoms with Crippen molar-refractivity contribution in [3.05, 3.63) is 53.2 Å². The zero-order chi connectivity index (χ0) is 21.8. The number of hydrogen-bond acceptors (Lipinski definition) is 3. The van der Waals surface area contributed by atoms with Gasteiger partial charge in [-0.3, -0.25) is 4.67 Å².